The van der Waals surface area contributed by atoms with Crippen LogP contribution in [0.1, 0.15) is 117 Å². The normalized spacial score (nSPS) is 27.0. The van der Waals surface area contributed by atoms with E-state index in [9.17, 15) is 45.3 Å². The SMILES string of the molecule is CC/C=C\C/C=C\C/C=C\C/C=C\CCCCC(=O)OCC(COC1OC(COC2OC(CO)C(O)C(O)C2O)C(O)C(O)C1O)OC(=O)CCCC/C=C\C/C=C\C/C=C\C/C=C\CC. The quantitative estimate of drug-likeness (QED) is 0.0229. The van der Waals surface area contributed by atoms with Crippen molar-refractivity contribution in [3.05, 3.63) is 97.2 Å². The second-order valence-corrected chi connectivity index (χ2v) is 16.2. The summed E-state index contributed by atoms with van der Waals surface area (Å²) in [4.78, 5) is 25.7. The number of carbonyl (C=O) groups excluding carboxylic acids is 2. The molecule has 374 valence electrons. The number of ether oxygens (including phenoxy) is 6. The standard InChI is InChI=1S/C51H80O15/c1-3-5-7-9-11-13-15-17-19-21-23-25-27-29-31-33-42(53)61-36-39(64-43(54)34-32-30-28-26-24-22-20-18-16-14-12-10-8-6-4-2)37-62-50-49(60)47(58)45(56)41(66-50)38-63-51-48(59)46(57)44(55)40(35-52)65-51/h5-8,11-14,17-20,23-26,39-41,44-52,55-60H,3-4,9-10,15-16,21-22,27-38H2,1-2H3/b7-5-,8-6-,13-11-,14-12-,19-17-,20-18-,25-23-,26-24-. The van der Waals surface area contributed by atoms with Crippen LogP contribution in [-0.4, -0.2) is 142 Å². The summed E-state index contributed by atoms with van der Waals surface area (Å²) in [5.41, 5.74) is 0. The maximum atomic E-state index is 13.0. The Kier molecular flexibility index (Phi) is 33.2. The van der Waals surface area contributed by atoms with Crippen molar-refractivity contribution < 1.29 is 73.8 Å². The molecule has 0 spiro atoms. The van der Waals surface area contributed by atoms with Gasteiger partial charge in [-0.05, 0) is 89.9 Å². The predicted octanol–water partition coefficient (Wildman–Crippen LogP) is 5.81. The van der Waals surface area contributed by atoms with Gasteiger partial charge in [0.2, 0.25) is 0 Å². The Bertz CT molecular complexity index is 1520. The van der Waals surface area contributed by atoms with E-state index in [0.29, 0.717) is 12.8 Å². The highest BCUT2D eigenvalue weighted by atomic mass is 16.7. The fraction of sp³-hybridized carbons (Fsp3) is 0.647. The molecule has 2 heterocycles. The van der Waals surface area contributed by atoms with E-state index in [1.165, 1.54) is 0 Å². The van der Waals surface area contributed by atoms with Crippen LogP contribution >= 0.6 is 0 Å². The third-order valence-corrected chi connectivity index (χ3v) is 10.6. The Labute approximate surface area is 392 Å². The lowest BCUT2D eigenvalue weighted by Crippen LogP contribution is -2.61. The molecule has 2 aliphatic heterocycles. The average molecular weight is 933 g/mol. The molecule has 0 saturated carbocycles. The van der Waals surface area contributed by atoms with Crippen molar-refractivity contribution in [3.63, 3.8) is 0 Å². The second-order valence-electron chi connectivity index (χ2n) is 16.2. The molecule has 66 heavy (non-hydrogen) atoms. The maximum absolute atomic E-state index is 13.0. The topological polar surface area (TPSA) is 231 Å². The van der Waals surface area contributed by atoms with Crippen molar-refractivity contribution in [2.45, 2.75) is 184 Å². The number of carbonyl (C=O) groups is 2. The van der Waals surface area contributed by atoms with Gasteiger partial charge in [0.05, 0.1) is 19.8 Å². The molecule has 0 bridgehead atoms. The molecule has 0 aromatic carbocycles. The van der Waals surface area contributed by atoms with E-state index in [4.69, 9.17) is 28.4 Å². The Balaban J connectivity index is 1.88. The summed E-state index contributed by atoms with van der Waals surface area (Å²) in [5, 5.41) is 72.0. The first-order valence-corrected chi connectivity index (χ1v) is 23.8. The van der Waals surface area contributed by atoms with Crippen molar-refractivity contribution in [1.82, 2.24) is 0 Å². The molecule has 2 rings (SSSR count). The van der Waals surface area contributed by atoms with Crippen molar-refractivity contribution in [1.29, 1.82) is 0 Å². The summed E-state index contributed by atoms with van der Waals surface area (Å²) in [6.07, 6.45) is 28.8. The van der Waals surface area contributed by atoms with Crippen LogP contribution in [0.15, 0.2) is 97.2 Å². The minimum atomic E-state index is -1.78. The van der Waals surface area contributed by atoms with E-state index in [0.717, 1.165) is 77.0 Å². The van der Waals surface area contributed by atoms with E-state index in [1.807, 2.05) is 0 Å². The minimum Gasteiger partial charge on any atom is -0.462 e. The van der Waals surface area contributed by atoms with Gasteiger partial charge < -0.3 is 64.2 Å². The first kappa shape index (κ1) is 58.5. The highest BCUT2D eigenvalue weighted by molar-refractivity contribution is 5.70. The molecule has 15 heteroatoms. The number of hydrogen-bond donors (Lipinski definition) is 7. The monoisotopic (exact) mass is 933 g/mol. The highest BCUT2D eigenvalue weighted by Crippen LogP contribution is 2.26. The fourth-order valence-corrected chi connectivity index (χ4v) is 6.67. The number of rotatable bonds is 34. The average Bonchev–Trinajstić information content (AvgIpc) is 3.31. The Hall–Kier alpha value is -3.58. The first-order chi connectivity index (χ1) is 32.0. The lowest BCUT2D eigenvalue weighted by atomic mass is 9.98. The second kappa shape index (κ2) is 37.4. The molecular weight excluding hydrogens is 853 g/mol. The number of unbranched alkanes of at least 4 members (excludes halogenated alkanes) is 4. The number of hydrogen-bond acceptors (Lipinski definition) is 15. The summed E-state index contributed by atoms with van der Waals surface area (Å²) >= 11 is 0. The fourth-order valence-electron chi connectivity index (χ4n) is 6.67. The zero-order chi connectivity index (χ0) is 48.2. The molecule has 0 radical (unpaired) electrons. The first-order valence-electron chi connectivity index (χ1n) is 23.8. The molecule has 2 fully saturated rings. The van der Waals surface area contributed by atoms with E-state index < -0.39 is 99.3 Å². The van der Waals surface area contributed by atoms with Crippen LogP contribution in [-0.2, 0) is 38.0 Å². The lowest BCUT2D eigenvalue weighted by Gasteiger charge is -2.42. The molecule has 11 unspecified atom stereocenters. The van der Waals surface area contributed by atoms with Crippen LogP contribution in [0.2, 0.25) is 0 Å². The molecule has 0 aliphatic carbocycles. The zero-order valence-corrected chi connectivity index (χ0v) is 39.1. The van der Waals surface area contributed by atoms with Gasteiger partial charge in [-0.2, -0.15) is 0 Å². The van der Waals surface area contributed by atoms with Crippen LogP contribution in [0.3, 0.4) is 0 Å². The molecule has 0 amide bonds. The zero-order valence-electron chi connectivity index (χ0n) is 39.1. The lowest BCUT2D eigenvalue weighted by molar-refractivity contribution is -0.332. The third-order valence-electron chi connectivity index (χ3n) is 10.6. The van der Waals surface area contributed by atoms with Gasteiger partial charge in [-0.3, -0.25) is 9.59 Å². The Morgan fingerprint density at radius 2 is 0.894 bits per heavy atom. The smallest absolute Gasteiger partial charge is 0.306 e. The van der Waals surface area contributed by atoms with E-state index in [2.05, 4.69) is 111 Å². The van der Waals surface area contributed by atoms with Crippen LogP contribution in [0, 0.1) is 0 Å². The van der Waals surface area contributed by atoms with Gasteiger partial charge in [-0.15, -0.1) is 0 Å². The maximum Gasteiger partial charge on any atom is 0.306 e. The van der Waals surface area contributed by atoms with Gasteiger partial charge in [0, 0.05) is 12.8 Å². The van der Waals surface area contributed by atoms with Crippen molar-refractivity contribution >= 4 is 11.9 Å². The molecule has 2 aliphatic rings. The van der Waals surface area contributed by atoms with Crippen molar-refractivity contribution in [2.24, 2.45) is 0 Å². The number of aliphatic hydroxyl groups excluding tert-OH is 7. The number of allylic oxidation sites excluding steroid dienone is 16. The predicted molar refractivity (Wildman–Crippen MR) is 252 cm³/mol. The van der Waals surface area contributed by atoms with Gasteiger partial charge in [0.25, 0.3) is 0 Å². The number of aliphatic hydroxyl groups is 7. The van der Waals surface area contributed by atoms with Crippen molar-refractivity contribution in [2.75, 3.05) is 26.4 Å². The molecular formula is C51H80O15. The Morgan fingerprint density at radius 1 is 0.485 bits per heavy atom. The Morgan fingerprint density at radius 3 is 1.36 bits per heavy atom. The molecule has 7 N–H and O–H groups in total. The highest BCUT2D eigenvalue weighted by Gasteiger charge is 2.47. The van der Waals surface area contributed by atoms with Crippen LogP contribution < -0.4 is 0 Å². The molecule has 2 saturated heterocycles. The summed E-state index contributed by atoms with van der Waals surface area (Å²) in [6.45, 7) is 2.23. The third kappa shape index (κ3) is 25.5. The summed E-state index contributed by atoms with van der Waals surface area (Å²) in [6, 6.07) is 0. The van der Waals surface area contributed by atoms with Crippen LogP contribution in [0.4, 0.5) is 0 Å². The van der Waals surface area contributed by atoms with Crippen molar-refractivity contribution in [3.8, 4) is 0 Å². The number of esters is 2. The van der Waals surface area contributed by atoms with Gasteiger partial charge in [-0.25, -0.2) is 0 Å². The largest absolute Gasteiger partial charge is 0.462 e. The van der Waals surface area contributed by atoms with Gasteiger partial charge >= 0.3 is 11.9 Å². The molecule has 15 nitrogen and oxygen atoms in total. The van der Waals surface area contributed by atoms with E-state index >= 15 is 0 Å². The summed E-state index contributed by atoms with van der Waals surface area (Å²) in [7, 11) is 0. The minimum absolute atomic E-state index is 0.0973. The van der Waals surface area contributed by atoms with E-state index in [1.54, 1.807) is 0 Å². The van der Waals surface area contributed by atoms with Crippen LogP contribution in [0.5, 0.6) is 0 Å². The molecule has 11 atom stereocenters. The summed E-state index contributed by atoms with van der Waals surface area (Å²) in [5.74, 6) is -1.04. The molecule has 0 aromatic rings. The van der Waals surface area contributed by atoms with Gasteiger partial charge in [0.1, 0.15) is 55.4 Å². The summed E-state index contributed by atoms with van der Waals surface area (Å²) < 4.78 is 33.4. The van der Waals surface area contributed by atoms with Gasteiger partial charge in [-0.1, -0.05) is 111 Å². The van der Waals surface area contributed by atoms with E-state index in [-0.39, 0.29) is 19.4 Å². The van der Waals surface area contributed by atoms with Crippen LogP contribution in [0.25, 0.3) is 0 Å². The molecule has 0 aromatic heterocycles. The van der Waals surface area contributed by atoms with Gasteiger partial charge in [0.15, 0.2) is 18.7 Å².